The first-order valence-corrected chi connectivity index (χ1v) is 7.84. The SMILES string of the molecule is CNCCC(c1ccccc1)(c1cccs1)C(C)C. The molecule has 1 unspecified atom stereocenters. The van der Waals surface area contributed by atoms with E-state index in [4.69, 9.17) is 0 Å². The summed E-state index contributed by atoms with van der Waals surface area (Å²) in [5.74, 6) is 0.571. The highest BCUT2D eigenvalue weighted by molar-refractivity contribution is 7.10. The molecule has 0 fully saturated rings. The molecular formula is C17H23NS. The maximum absolute atomic E-state index is 3.31. The summed E-state index contributed by atoms with van der Waals surface area (Å²) in [5.41, 5.74) is 1.56. The van der Waals surface area contributed by atoms with E-state index in [2.05, 4.69) is 67.0 Å². The van der Waals surface area contributed by atoms with Gasteiger partial charge in [-0.1, -0.05) is 50.2 Å². The molecule has 1 N–H and O–H groups in total. The van der Waals surface area contributed by atoms with Gasteiger partial charge >= 0.3 is 0 Å². The number of rotatable bonds is 6. The molecule has 1 nitrogen and oxygen atoms in total. The minimum Gasteiger partial charge on any atom is -0.320 e. The van der Waals surface area contributed by atoms with E-state index in [-0.39, 0.29) is 5.41 Å². The largest absolute Gasteiger partial charge is 0.320 e. The van der Waals surface area contributed by atoms with Crippen molar-refractivity contribution in [2.45, 2.75) is 25.7 Å². The fraction of sp³-hybridized carbons (Fsp3) is 0.412. The number of thiophene rings is 1. The Morgan fingerprint density at radius 3 is 2.37 bits per heavy atom. The predicted octanol–water partition coefficient (Wildman–Crippen LogP) is 4.30. The molecule has 102 valence electrons. The smallest absolute Gasteiger partial charge is 0.0331 e. The fourth-order valence-corrected chi connectivity index (χ4v) is 4.03. The van der Waals surface area contributed by atoms with Gasteiger partial charge < -0.3 is 5.32 Å². The Kier molecular flexibility index (Phi) is 4.78. The molecular weight excluding hydrogens is 250 g/mol. The monoisotopic (exact) mass is 273 g/mol. The molecule has 0 aliphatic heterocycles. The van der Waals surface area contributed by atoms with Crippen LogP contribution in [0, 0.1) is 5.92 Å². The summed E-state index contributed by atoms with van der Waals surface area (Å²) >= 11 is 1.88. The van der Waals surface area contributed by atoms with Gasteiger partial charge in [0.1, 0.15) is 0 Å². The second-order valence-corrected chi connectivity index (χ2v) is 6.27. The van der Waals surface area contributed by atoms with Crippen molar-refractivity contribution in [2.75, 3.05) is 13.6 Å². The van der Waals surface area contributed by atoms with Gasteiger partial charge in [-0.2, -0.15) is 0 Å². The molecule has 2 heteroatoms. The summed E-state index contributed by atoms with van der Waals surface area (Å²) in [5, 5.41) is 5.50. The molecule has 0 amide bonds. The lowest BCUT2D eigenvalue weighted by molar-refractivity contribution is 0.348. The van der Waals surface area contributed by atoms with Gasteiger partial charge in [0.25, 0.3) is 0 Å². The van der Waals surface area contributed by atoms with Crippen LogP contribution >= 0.6 is 11.3 Å². The second-order valence-electron chi connectivity index (χ2n) is 5.32. The van der Waals surface area contributed by atoms with Gasteiger partial charge in [-0.25, -0.2) is 0 Å². The van der Waals surface area contributed by atoms with Crippen molar-refractivity contribution >= 4 is 11.3 Å². The maximum Gasteiger partial charge on any atom is 0.0331 e. The van der Waals surface area contributed by atoms with Crippen molar-refractivity contribution in [3.05, 3.63) is 58.3 Å². The lowest BCUT2D eigenvalue weighted by Crippen LogP contribution is -2.35. The van der Waals surface area contributed by atoms with E-state index in [0.717, 1.165) is 13.0 Å². The highest BCUT2D eigenvalue weighted by Gasteiger charge is 2.37. The Morgan fingerprint density at radius 1 is 1.11 bits per heavy atom. The van der Waals surface area contributed by atoms with Crippen LogP contribution in [0.15, 0.2) is 47.8 Å². The van der Waals surface area contributed by atoms with Crippen molar-refractivity contribution < 1.29 is 0 Å². The molecule has 0 aliphatic carbocycles. The average Bonchev–Trinajstić information content (AvgIpc) is 2.95. The number of hydrogen-bond acceptors (Lipinski definition) is 2. The van der Waals surface area contributed by atoms with E-state index in [1.165, 1.54) is 10.4 Å². The van der Waals surface area contributed by atoms with Crippen LogP contribution in [0.4, 0.5) is 0 Å². The standard InChI is InChI=1S/C17H23NS/c1-14(2)17(11-12-18-3,16-10-7-13-19-16)15-8-5-4-6-9-15/h4-10,13-14,18H,11-12H2,1-3H3. The Hall–Kier alpha value is -1.12. The minimum atomic E-state index is 0.123. The first kappa shape index (κ1) is 14.3. The topological polar surface area (TPSA) is 12.0 Å². The number of nitrogens with one attached hydrogen (secondary N) is 1. The van der Waals surface area contributed by atoms with Crippen molar-refractivity contribution in [3.8, 4) is 0 Å². The van der Waals surface area contributed by atoms with Crippen LogP contribution < -0.4 is 5.32 Å². The Labute approximate surface area is 120 Å². The van der Waals surface area contributed by atoms with Crippen molar-refractivity contribution in [3.63, 3.8) is 0 Å². The molecule has 2 aromatic rings. The molecule has 0 saturated heterocycles. The molecule has 1 aromatic heterocycles. The number of benzene rings is 1. The van der Waals surface area contributed by atoms with E-state index >= 15 is 0 Å². The third kappa shape index (κ3) is 2.75. The van der Waals surface area contributed by atoms with Crippen molar-refractivity contribution in [1.29, 1.82) is 0 Å². The van der Waals surface area contributed by atoms with Gasteiger partial charge in [0, 0.05) is 10.3 Å². The summed E-state index contributed by atoms with van der Waals surface area (Å²) in [6.07, 6.45) is 1.13. The zero-order valence-corrected chi connectivity index (χ0v) is 12.8. The number of hydrogen-bond donors (Lipinski definition) is 1. The molecule has 0 bridgehead atoms. The van der Waals surface area contributed by atoms with Gasteiger partial charge in [0.2, 0.25) is 0 Å². The molecule has 1 aromatic carbocycles. The van der Waals surface area contributed by atoms with Crippen LogP contribution in [0.2, 0.25) is 0 Å². The second kappa shape index (κ2) is 6.36. The quantitative estimate of drug-likeness (QED) is 0.827. The molecule has 0 saturated carbocycles. The van der Waals surface area contributed by atoms with Gasteiger partial charge in [0.15, 0.2) is 0 Å². The maximum atomic E-state index is 3.31. The minimum absolute atomic E-state index is 0.123. The van der Waals surface area contributed by atoms with Crippen molar-refractivity contribution in [2.24, 2.45) is 5.92 Å². The van der Waals surface area contributed by atoms with E-state index in [1.54, 1.807) is 0 Å². The Balaban J connectivity index is 2.52. The van der Waals surface area contributed by atoms with E-state index < -0.39 is 0 Å². The van der Waals surface area contributed by atoms with Crippen LogP contribution in [-0.2, 0) is 5.41 Å². The van der Waals surface area contributed by atoms with Gasteiger partial charge in [-0.15, -0.1) is 11.3 Å². The van der Waals surface area contributed by atoms with Crippen molar-refractivity contribution in [1.82, 2.24) is 5.32 Å². The van der Waals surface area contributed by atoms with Crippen LogP contribution in [0.5, 0.6) is 0 Å². The zero-order valence-electron chi connectivity index (χ0n) is 12.0. The molecule has 0 aliphatic rings. The summed E-state index contributed by atoms with van der Waals surface area (Å²) < 4.78 is 0. The molecule has 2 rings (SSSR count). The summed E-state index contributed by atoms with van der Waals surface area (Å²) in [6, 6.07) is 15.4. The van der Waals surface area contributed by atoms with Crippen LogP contribution in [-0.4, -0.2) is 13.6 Å². The average molecular weight is 273 g/mol. The summed E-state index contributed by atoms with van der Waals surface area (Å²) in [4.78, 5) is 1.48. The van der Waals surface area contributed by atoms with Gasteiger partial charge in [0.05, 0.1) is 0 Å². The summed E-state index contributed by atoms with van der Waals surface area (Å²) in [6.45, 7) is 5.70. The Bertz CT molecular complexity index is 475. The first-order valence-electron chi connectivity index (χ1n) is 6.96. The molecule has 0 spiro atoms. The molecule has 0 radical (unpaired) electrons. The van der Waals surface area contributed by atoms with Gasteiger partial charge in [-0.3, -0.25) is 0 Å². The molecule has 19 heavy (non-hydrogen) atoms. The highest BCUT2D eigenvalue weighted by Crippen LogP contribution is 2.44. The van der Waals surface area contributed by atoms with E-state index in [0.29, 0.717) is 5.92 Å². The lowest BCUT2D eigenvalue weighted by Gasteiger charge is -2.38. The zero-order chi connectivity index (χ0) is 13.7. The van der Waals surface area contributed by atoms with Crippen LogP contribution in [0.25, 0.3) is 0 Å². The van der Waals surface area contributed by atoms with E-state index in [1.807, 2.05) is 18.4 Å². The normalized spacial score (nSPS) is 14.5. The Morgan fingerprint density at radius 2 is 1.84 bits per heavy atom. The van der Waals surface area contributed by atoms with Crippen LogP contribution in [0.1, 0.15) is 30.7 Å². The first-order chi connectivity index (χ1) is 9.21. The molecule has 1 atom stereocenters. The fourth-order valence-electron chi connectivity index (χ4n) is 2.91. The van der Waals surface area contributed by atoms with Gasteiger partial charge in [-0.05, 0) is 42.9 Å². The molecule has 1 heterocycles. The third-order valence-electron chi connectivity index (χ3n) is 4.00. The van der Waals surface area contributed by atoms with Crippen LogP contribution in [0.3, 0.4) is 0 Å². The van der Waals surface area contributed by atoms with E-state index in [9.17, 15) is 0 Å². The predicted molar refractivity (Wildman–Crippen MR) is 84.9 cm³/mol. The summed E-state index contributed by atoms with van der Waals surface area (Å²) in [7, 11) is 2.03. The highest BCUT2D eigenvalue weighted by atomic mass is 32.1. The lowest BCUT2D eigenvalue weighted by atomic mass is 9.68. The third-order valence-corrected chi connectivity index (χ3v) is 5.05.